The summed E-state index contributed by atoms with van der Waals surface area (Å²) in [6.45, 7) is 6.79. The highest BCUT2D eigenvalue weighted by Crippen LogP contribution is 2.25. The number of nitrogens with zero attached hydrogens (tertiary/aromatic N) is 1. The van der Waals surface area contributed by atoms with Crippen molar-refractivity contribution in [3.8, 4) is 0 Å². The van der Waals surface area contributed by atoms with Crippen LogP contribution in [0.5, 0.6) is 0 Å². The van der Waals surface area contributed by atoms with Crippen LogP contribution in [0.2, 0.25) is 0 Å². The molecule has 2 rings (SSSR count). The van der Waals surface area contributed by atoms with Gasteiger partial charge in [-0.1, -0.05) is 32.9 Å². The Morgan fingerprint density at radius 2 is 1.95 bits per heavy atom. The summed E-state index contributed by atoms with van der Waals surface area (Å²) < 4.78 is 0. The number of hydrogen-bond acceptors (Lipinski definition) is 2. The maximum absolute atomic E-state index is 12.7. The molecule has 0 bridgehead atoms. The maximum Gasteiger partial charge on any atom is 0.254 e. The van der Waals surface area contributed by atoms with Crippen LogP contribution in [0.1, 0.15) is 44.0 Å². The Bertz CT molecular complexity index is 511. The molecule has 2 amide bonds. The molecule has 1 N–H and O–H groups in total. The quantitative estimate of drug-likeness (QED) is 0.917. The lowest BCUT2D eigenvalue weighted by Gasteiger charge is -2.25. The minimum Gasteiger partial charge on any atom is -0.340 e. The molecule has 1 aliphatic heterocycles. The van der Waals surface area contributed by atoms with Crippen molar-refractivity contribution in [1.82, 2.24) is 5.32 Å². The first-order valence-corrected chi connectivity index (χ1v) is 7.25. The summed E-state index contributed by atoms with van der Waals surface area (Å²) in [5.74, 6) is 0.200. The largest absolute Gasteiger partial charge is 0.340 e. The summed E-state index contributed by atoms with van der Waals surface area (Å²) in [6, 6.07) is 6.89. The molecule has 20 heavy (non-hydrogen) atoms. The molecule has 0 fully saturated rings. The molecule has 0 saturated heterocycles. The van der Waals surface area contributed by atoms with E-state index in [4.69, 9.17) is 0 Å². The van der Waals surface area contributed by atoms with Gasteiger partial charge < -0.3 is 10.2 Å². The molecule has 0 saturated carbocycles. The molecule has 1 unspecified atom stereocenters. The van der Waals surface area contributed by atoms with E-state index in [2.05, 4.69) is 19.2 Å². The topological polar surface area (TPSA) is 49.4 Å². The van der Waals surface area contributed by atoms with Gasteiger partial charge in [0.05, 0.1) is 11.3 Å². The first-order valence-electron chi connectivity index (χ1n) is 7.25. The van der Waals surface area contributed by atoms with Crippen molar-refractivity contribution in [2.45, 2.75) is 39.7 Å². The van der Waals surface area contributed by atoms with Crippen molar-refractivity contribution in [3.63, 3.8) is 0 Å². The van der Waals surface area contributed by atoms with Gasteiger partial charge in [0.15, 0.2) is 0 Å². The third-order valence-electron chi connectivity index (χ3n) is 3.46. The van der Waals surface area contributed by atoms with E-state index in [0.29, 0.717) is 24.4 Å². The third-order valence-corrected chi connectivity index (χ3v) is 3.46. The van der Waals surface area contributed by atoms with Crippen molar-refractivity contribution in [2.24, 2.45) is 5.92 Å². The SMILES string of the molecule is CCCN1C(=O)C(CC(C)C)NC(=O)c2ccccc21. The van der Waals surface area contributed by atoms with Crippen molar-refractivity contribution in [1.29, 1.82) is 0 Å². The average Bonchev–Trinajstić information content (AvgIpc) is 2.50. The number of benzene rings is 1. The van der Waals surface area contributed by atoms with Crippen molar-refractivity contribution in [3.05, 3.63) is 29.8 Å². The first kappa shape index (κ1) is 14.6. The lowest BCUT2D eigenvalue weighted by atomic mass is 10.0. The van der Waals surface area contributed by atoms with Crippen LogP contribution < -0.4 is 10.2 Å². The fourth-order valence-corrected chi connectivity index (χ4v) is 2.59. The van der Waals surface area contributed by atoms with Gasteiger partial charge in [-0.2, -0.15) is 0 Å². The second kappa shape index (κ2) is 6.07. The molecule has 1 atom stereocenters. The van der Waals surface area contributed by atoms with E-state index in [1.54, 1.807) is 11.0 Å². The Kier molecular flexibility index (Phi) is 4.42. The van der Waals surface area contributed by atoms with Crippen LogP contribution in [0, 0.1) is 5.92 Å². The summed E-state index contributed by atoms with van der Waals surface area (Å²) >= 11 is 0. The highest BCUT2D eigenvalue weighted by atomic mass is 16.2. The van der Waals surface area contributed by atoms with E-state index in [1.165, 1.54) is 0 Å². The molecular weight excluding hydrogens is 252 g/mol. The molecule has 1 aromatic rings. The fraction of sp³-hybridized carbons (Fsp3) is 0.500. The molecule has 0 spiro atoms. The monoisotopic (exact) mass is 274 g/mol. The Morgan fingerprint density at radius 1 is 1.25 bits per heavy atom. The van der Waals surface area contributed by atoms with Gasteiger partial charge in [-0.3, -0.25) is 9.59 Å². The van der Waals surface area contributed by atoms with Crippen molar-refractivity contribution in [2.75, 3.05) is 11.4 Å². The molecule has 1 aliphatic rings. The predicted octanol–water partition coefficient (Wildman–Crippen LogP) is 2.59. The standard InChI is InChI=1S/C16H22N2O2/c1-4-9-18-14-8-6-5-7-12(14)15(19)17-13(16(18)20)10-11(2)3/h5-8,11,13H,4,9-10H2,1-3H3,(H,17,19). The molecule has 0 radical (unpaired) electrons. The molecule has 4 heteroatoms. The number of nitrogens with one attached hydrogen (secondary N) is 1. The summed E-state index contributed by atoms with van der Waals surface area (Å²) in [4.78, 5) is 26.7. The molecule has 108 valence electrons. The van der Waals surface area contributed by atoms with Gasteiger partial charge in [0.25, 0.3) is 5.91 Å². The Morgan fingerprint density at radius 3 is 2.60 bits per heavy atom. The van der Waals surface area contributed by atoms with Gasteiger partial charge >= 0.3 is 0 Å². The second-order valence-corrected chi connectivity index (χ2v) is 5.66. The van der Waals surface area contributed by atoms with Gasteiger partial charge in [-0.25, -0.2) is 0 Å². The van der Waals surface area contributed by atoms with Crippen molar-refractivity contribution >= 4 is 17.5 Å². The summed E-state index contributed by atoms with van der Waals surface area (Å²) in [7, 11) is 0. The summed E-state index contributed by atoms with van der Waals surface area (Å²) in [6.07, 6.45) is 1.53. The van der Waals surface area contributed by atoms with Crippen LogP contribution in [-0.2, 0) is 4.79 Å². The van der Waals surface area contributed by atoms with E-state index in [9.17, 15) is 9.59 Å². The molecular formula is C16H22N2O2. The highest BCUT2D eigenvalue weighted by molar-refractivity contribution is 6.10. The predicted molar refractivity (Wildman–Crippen MR) is 79.8 cm³/mol. The van der Waals surface area contributed by atoms with Gasteiger partial charge in [0, 0.05) is 6.54 Å². The van der Waals surface area contributed by atoms with Crippen LogP contribution in [0.15, 0.2) is 24.3 Å². The number of para-hydroxylation sites is 1. The molecule has 0 aromatic heterocycles. The maximum atomic E-state index is 12.7. The van der Waals surface area contributed by atoms with Crippen LogP contribution in [-0.4, -0.2) is 24.4 Å². The molecule has 1 aromatic carbocycles. The van der Waals surface area contributed by atoms with E-state index in [1.807, 2.05) is 25.1 Å². The van der Waals surface area contributed by atoms with Gasteiger partial charge in [0.1, 0.15) is 6.04 Å². The van der Waals surface area contributed by atoms with Gasteiger partial charge in [-0.05, 0) is 30.9 Å². The Hall–Kier alpha value is -1.84. The van der Waals surface area contributed by atoms with Gasteiger partial charge in [-0.15, -0.1) is 0 Å². The van der Waals surface area contributed by atoms with Crippen LogP contribution in [0.25, 0.3) is 0 Å². The van der Waals surface area contributed by atoms with E-state index < -0.39 is 6.04 Å². The van der Waals surface area contributed by atoms with Crippen molar-refractivity contribution < 1.29 is 9.59 Å². The normalized spacial score (nSPS) is 18.8. The third kappa shape index (κ3) is 2.84. The molecule has 0 aliphatic carbocycles. The van der Waals surface area contributed by atoms with Crippen LogP contribution >= 0.6 is 0 Å². The molecule has 4 nitrogen and oxygen atoms in total. The Labute approximate surface area is 120 Å². The smallest absolute Gasteiger partial charge is 0.254 e. The zero-order valence-electron chi connectivity index (χ0n) is 12.3. The first-order chi connectivity index (χ1) is 9.54. The second-order valence-electron chi connectivity index (χ2n) is 5.66. The number of rotatable bonds is 4. The highest BCUT2D eigenvalue weighted by Gasteiger charge is 2.33. The number of anilines is 1. The zero-order valence-corrected chi connectivity index (χ0v) is 12.3. The number of carbonyl (C=O) groups excluding carboxylic acids is 2. The summed E-state index contributed by atoms with van der Waals surface area (Å²) in [5, 5.41) is 2.87. The van der Waals surface area contributed by atoms with Gasteiger partial charge in [0.2, 0.25) is 5.91 Å². The minimum atomic E-state index is -0.429. The fourth-order valence-electron chi connectivity index (χ4n) is 2.59. The molecule has 1 heterocycles. The summed E-state index contributed by atoms with van der Waals surface area (Å²) in [5.41, 5.74) is 1.31. The number of amides is 2. The van der Waals surface area contributed by atoms with E-state index in [-0.39, 0.29) is 11.8 Å². The average molecular weight is 274 g/mol. The number of fused-ring (bicyclic) bond motifs is 1. The van der Waals surface area contributed by atoms with Crippen LogP contribution in [0.4, 0.5) is 5.69 Å². The lowest BCUT2D eigenvalue weighted by molar-refractivity contribution is -0.120. The van der Waals surface area contributed by atoms with E-state index in [0.717, 1.165) is 12.1 Å². The van der Waals surface area contributed by atoms with E-state index >= 15 is 0 Å². The Balaban J connectivity index is 2.42. The number of hydrogen-bond donors (Lipinski definition) is 1. The zero-order chi connectivity index (χ0) is 14.7. The minimum absolute atomic E-state index is 0.00106. The lowest BCUT2D eigenvalue weighted by Crippen LogP contribution is -2.46. The number of carbonyl (C=O) groups is 2. The van der Waals surface area contributed by atoms with Crippen LogP contribution in [0.3, 0.4) is 0 Å².